The van der Waals surface area contributed by atoms with Crippen LogP contribution in [0.15, 0.2) is 36.4 Å². The summed E-state index contributed by atoms with van der Waals surface area (Å²) < 4.78 is 5.38. The molecule has 2 amide bonds. The van der Waals surface area contributed by atoms with Gasteiger partial charge in [0.05, 0.1) is 18.1 Å². The highest BCUT2D eigenvalue weighted by Gasteiger charge is 2.30. The molecule has 0 saturated carbocycles. The summed E-state index contributed by atoms with van der Waals surface area (Å²) >= 11 is 6.61. The van der Waals surface area contributed by atoms with Crippen molar-refractivity contribution >= 4 is 23.4 Å². The number of carbonyl (C=O) groups excluding carboxylic acids is 2. The lowest BCUT2D eigenvalue weighted by molar-refractivity contribution is -0.134. The second-order valence-corrected chi connectivity index (χ2v) is 6.27. The molecule has 1 atom stereocenters. The first-order valence-electron chi connectivity index (χ1n) is 7.78. The van der Waals surface area contributed by atoms with Gasteiger partial charge in [0.25, 0.3) is 0 Å². The van der Waals surface area contributed by atoms with E-state index in [1.165, 1.54) is 0 Å². The van der Waals surface area contributed by atoms with Gasteiger partial charge in [-0.1, -0.05) is 41.9 Å². The average Bonchev–Trinajstić information content (AvgIpc) is 2.56. The minimum absolute atomic E-state index is 0.230. The van der Waals surface area contributed by atoms with Gasteiger partial charge in [0.2, 0.25) is 11.8 Å². The molecule has 1 aliphatic heterocycles. The fourth-order valence-electron chi connectivity index (χ4n) is 3.02. The predicted octanol–water partition coefficient (Wildman–Crippen LogP) is 3.84. The second-order valence-electron chi connectivity index (χ2n) is 5.90. The molecule has 1 heterocycles. The fourth-order valence-corrected chi connectivity index (χ4v) is 3.39. The van der Waals surface area contributed by atoms with Gasteiger partial charge in [-0.05, 0) is 36.1 Å². The monoisotopic (exact) mass is 343 g/mol. The zero-order chi connectivity index (χ0) is 17.3. The summed E-state index contributed by atoms with van der Waals surface area (Å²) in [6.45, 7) is 1.98. The lowest BCUT2D eigenvalue weighted by atomic mass is 9.88. The van der Waals surface area contributed by atoms with Crippen molar-refractivity contribution < 1.29 is 14.3 Å². The maximum atomic E-state index is 12.1. The Hall–Kier alpha value is -2.33. The number of hydrogen-bond acceptors (Lipinski definition) is 3. The van der Waals surface area contributed by atoms with Crippen molar-refractivity contribution in [3.05, 3.63) is 52.5 Å². The zero-order valence-electron chi connectivity index (χ0n) is 13.6. The van der Waals surface area contributed by atoms with E-state index < -0.39 is 5.92 Å². The standard InChI is InChI=1S/C19H18ClNO3/c1-11-6-7-12(10-16(11)24-2)13-4-3-5-14(18(13)20)15-8-9-17(22)21-19(15)23/h3-7,10,15H,8-9H2,1-2H3,(H,21,22,23). The number of imide groups is 1. The highest BCUT2D eigenvalue weighted by Crippen LogP contribution is 2.38. The number of aryl methyl sites for hydroxylation is 1. The van der Waals surface area contributed by atoms with Crippen LogP contribution in [0, 0.1) is 6.92 Å². The van der Waals surface area contributed by atoms with E-state index in [4.69, 9.17) is 16.3 Å². The van der Waals surface area contributed by atoms with Gasteiger partial charge >= 0.3 is 0 Å². The number of nitrogens with one attached hydrogen (secondary N) is 1. The normalized spacial score (nSPS) is 17.5. The van der Waals surface area contributed by atoms with Crippen LogP contribution in [0.1, 0.15) is 29.9 Å². The van der Waals surface area contributed by atoms with E-state index in [0.717, 1.165) is 28.0 Å². The number of rotatable bonds is 3. The molecule has 1 unspecified atom stereocenters. The first kappa shape index (κ1) is 16.5. The zero-order valence-corrected chi connectivity index (χ0v) is 14.3. The molecule has 5 heteroatoms. The summed E-state index contributed by atoms with van der Waals surface area (Å²) in [4.78, 5) is 23.5. The maximum absolute atomic E-state index is 12.1. The van der Waals surface area contributed by atoms with E-state index in [-0.39, 0.29) is 11.8 Å². The molecule has 1 fully saturated rings. The van der Waals surface area contributed by atoms with Gasteiger partial charge in [0.15, 0.2) is 0 Å². The smallest absolute Gasteiger partial charge is 0.234 e. The molecule has 1 saturated heterocycles. The minimum atomic E-state index is -0.400. The van der Waals surface area contributed by atoms with Gasteiger partial charge < -0.3 is 4.74 Å². The van der Waals surface area contributed by atoms with E-state index in [9.17, 15) is 9.59 Å². The van der Waals surface area contributed by atoms with Crippen LogP contribution in [-0.4, -0.2) is 18.9 Å². The molecule has 0 radical (unpaired) electrons. The van der Waals surface area contributed by atoms with Crippen LogP contribution < -0.4 is 10.1 Å². The van der Waals surface area contributed by atoms with Crippen molar-refractivity contribution in [3.63, 3.8) is 0 Å². The summed E-state index contributed by atoms with van der Waals surface area (Å²) in [5.74, 6) is -0.129. The van der Waals surface area contributed by atoms with Crippen LogP contribution >= 0.6 is 11.6 Å². The van der Waals surface area contributed by atoms with Gasteiger partial charge in [-0.2, -0.15) is 0 Å². The molecular weight excluding hydrogens is 326 g/mol. The number of piperidine rings is 1. The van der Waals surface area contributed by atoms with Crippen LogP contribution in [0.5, 0.6) is 5.75 Å². The Kier molecular flexibility index (Phi) is 4.58. The Labute approximate surface area is 145 Å². The van der Waals surface area contributed by atoms with E-state index in [1.807, 2.05) is 43.3 Å². The van der Waals surface area contributed by atoms with Crippen LogP contribution in [0.3, 0.4) is 0 Å². The predicted molar refractivity (Wildman–Crippen MR) is 93.3 cm³/mol. The topological polar surface area (TPSA) is 55.4 Å². The average molecular weight is 344 g/mol. The first-order chi connectivity index (χ1) is 11.5. The highest BCUT2D eigenvalue weighted by atomic mass is 35.5. The summed E-state index contributed by atoms with van der Waals surface area (Å²) in [5, 5.41) is 2.92. The quantitative estimate of drug-likeness (QED) is 0.861. The molecule has 24 heavy (non-hydrogen) atoms. The molecular formula is C19H18ClNO3. The molecule has 2 aromatic rings. The summed E-state index contributed by atoms with van der Waals surface area (Å²) in [6, 6.07) is 11.5. The number of hydrogen-bond donors (Lipinski definition) is 1. The largest absolute Gasteiger partial charge is 0.496 e. The highest BCUT2D eigenvalue weighted by molar-refractivity contribution is 6.34. The van der Waals surface area contributed by atoms with E-state index in [1.54, 1.807) is 7.11 Å². The molecule has 3 rings (SSSR count). The first-order valence-corrected chi connectivity index (χ1v) is 8.16. The van der Waals surface area contributed by atoms with Crippen LogP contribution in [0.4, 0.5) is 0 Å². The van der Waals surface area contributed by atoms with Crippen molar-refractivity contribution in [2.45, 2.75) is 25.7 Å². The van der Waals surface area contributed by atoms with Crippen molar-refractivity contribution in [1.82, 2.24) is 5.32 Å². The van der Waals surface area contributed by atoms with Gasteiger partial charge in [-0.25, -0.2) is 0 Å². The Balaban J connectivity index is 2.03. The number of amides is 2. The van der Waals surface area contributed by atoms with Crippen molar-refractivity contribution in [1.29, 1.82) is 0 Å². The second kappa shape index (κ2) is 6.65. The fraction of sp³-hybridized carbons (Fsp3) is 0.263. The molecule has 0 bridgehead atoms. The van der Waals surface area contributed by atoms with Gasteiger partial charge in [0, 0.05) is 12.0 Å². The van der Waals surface area contributed by atoms with Gasteiger partial charge in [-0.3, -0.25) is 14.9 Å². The third kappa shape index (κ3) is 3.02. The van der Waals surface area contributed by atoms with Crippen molar-refractivity contribution in [2.24, 2.45) is 0 Å². The summed E-state index contributed by atoms with van der Waals surface area (Å²) in [5.41, 5.74) is 3.56. The molecule has 0 aromatic heterocycles. The van der Waals surface area contributed by atoms with E-state index in [2.05, 4.69) is 5.32 Å². The lowest BCUT2D eigenvalue weighted by Gasteiger charge is -2.23. The number of methoxy groups -OCH3 is 1. The maximum Gasteiger partial charge on any atom is 0.234 e. The third-order valence-electron chi connectivity index (χ3n) is 4.36. The summed E-state index contributed by atoms with van der Waals surface area (Å²) in [7, 11) is 1.63. The molecule has 4 nitrogen and oxygen atoms in total. The molecule has 1 N–H and O–H groups in total. The van der Waals surface area contributed by atoms with Gasteiger partial charge in [0.1, 0.15) is 5.75 Å². The molecule has 2 aromatic carbocycles. The SMILES string of the molecule is COc1cc(-c2cccc(C3CCC(=O)NC3=O)c2Cl)ccc1C. The number of carbonyl (C=O) groups is 2. The lowest BCUT2D eigenvalue weighted by Crippen LogP contribution is -2.39. The molecule has 0 aliphatic carbocycles. The van der Waals surface area contributed by atoms with Crippen LogP contribution in [-0.2, 0) is 9.59 Å². The van der Waals surface area contributed by atoms with Crippen molar-refractivity contribution in [2.75, 3.05) is 7.11 Å². The van der Waals surface area contributed by atoms with E-state index in [0.29, 0.717) is 17.9 Å². The number of ether oxygens (including phenoxy) is 1. The Bertz CT molecular complexity index is 816. The van der Waals surface area contributed by atoms with Gasteiger partial charge in [-0.15, -0.1) is 0 Å². The molecule has 0 spiro atoms. The number of halogens is 1. The molecule has 1 aliphatic rings. The summed E-state index contributed by atoms with van der Waals surface area (Å²) in [6.07, 6.45) is 0.806. The van der Waals surface area contributed by atoms with Crippen molar-refractivity contribution in [3.8, 4) is 16.9 Å². The third-order valence-corrected chi connectivity index (χ3v) is 4.78. The Morgan fingerprint density at radius 3 is 2.71 bits per heavy atom. The number of benzene rings is 2. The Morgan fingerprint density at radius 2 is 2.00 bits per heavy atom. The van der Waals surface area contributed by atoms with Crippen LogP contribution in [0.2, 0.25) is 5.02 Å². The molecule has 124 valence electrons. The minimum Gasteiger partial charge on any atom is -0.496 e. The Morgan fingerprint density at radius 1 is 1.21 bits per heavy atom. The van der Waals surface area contributed by atoms with Crippen LogP contribution in [0.25, 0.3) is 11.1 Å². The van der Waals surface area contributed by atoms with E-state index >= 15 is 0 Å².